The molecule has 0 radical (unpaired) electrons. The quantitative estimate of drug-likeness (QED) is 0.577. The smallest absolute Gasteiger partial charge is 0.435 e. The van der Waals surface area contributed by atoms with E-state index in [9.17, 15) is 13.6 Å². The maximum Gasteiger partial charge on any atom is 0.510 e. The summed E-state index contributed by atoms with van der Waals surface area (Å²) in [5, 5.41) is 0. The summed E-state index contributed by atoms with van der Waals surface area (Å²) in [5.41, 5.74) is 0. The van der Waals surface area contributed by atoms with E-state index in [0.717, 1.165) is 0 Å². The normalized spacial score (nSPS) is 12.3. The molecule has 0 spiro atoms. The number of ether oxygens (including phenoxy) is 2. The monoisotopic (exact) mass is 154 g/mol. The van der Waals surface area contributed by atoms with Gasteiger partial charge in [-0.25, -0.2) is 9.18 Å². The maximum absolute atomic E-state index is 11.8. The average molecular weight is 154 g/mol. The fourth-order valence-electron chi connectivity index (χ4n) is 0.288. The Hall–Kier alpha value is -0.870. The van der Waals surface area contributed by atoms with Crippen molar-refractivity contribution in [2.24, 2.45) is 0 Å². The van der Waals surface area contributed by atoms with E-state index in [2.05, 4.69) is 9.47 Å². The summed E-state index contributed by atoms with van der Waals surface area (Å²) >= 11 is 0. The zero-order chi connectivity index (χ0) is 7.98. The summed E-state index contributed by atoms with van der Waals surface area (Å²) in [4.78, 5) is 10.2. The molecule has 1 atom stereocenters. The van der Waals surface area contributed by atoms with E-state index in [1.165, 1.54) is 6.92 Å². The fraction of sp³-hybridized carbons (Fsp3) is 0.800. The molecule has 0 N–H and O–H groups in total. The van der Waals surface area contributed by atoms with Gasteiger partial charge in [0.05, 0.1) is 6.61 Å². The van der Waals surface area contributed by atoms with Gasteiger partial charge in [-0.1, -0.05) is 0 Å². The number of halogens is 2. The first-order valence-corrected chi connectivity index (χ1v) is 2.74. The second-order valence-corrected chi connectivity index (χ2v) is 1.37. The molecule has 0 amide bonds. The lowest BCUT2D eigenvalue weighted by Crippen LogP contribution is -2.16. The summed E-state index contributed by atoms with van der Waals surface area (Å²) in [6.07, 6.45) is -3.40. The lowest BCUT2D eigenvalue weighted by atomic mass is 10.8. The first-order valence-electron chi connectivity index (χ1n) is 2.74. The van der Waals surface area contributed by atoms with Crippen LogP contribution in [0.3, 0.4) is 0 Å². The molecule has 0 aromatic heterocycles. The third-order valence-corrected chi connectivity index (χ3v) is 0.608. The maximum atomic E-state index is 11.8. The van der Waals surface area contributed by atoms with Crippen molar-refractivity contribution in [1.82, 2.24) is 0 Å². The molecule has 0 aliphatic rings. The van der Waals surface area contributed by atoms with Crippen molar-refractivity contribution in [1.29, 1.82) is 0 Å². The number of hydrogen-bond acceptors (Lipinski definition) is 3. The first-order chi connectivity index (χ1) is 4.70. The van der Waals surface area contributed by atoms with Crippen molar-refractivity contribution in [2.75, 3.05) is 13.3 Å². The molecular weight excluding hydrogens is 146 g/mol. The van der Waals surface area contributed by atoms with Crippen LogP contribution in [0.15, 0.2) is 0 Å². The van der Waals surface area contributed by atoms with Gasteiger partial charge in [-0.05, 0) is 6.92 Å². The molecule has 1 unspecified atom stereocenters. The van der Waals surface area contributed by atoms with Crippen molar-refractivity contribution in [3.05, 3.63) is 0 Å². The molecule has 0 bridgehead atoms. The second kappa shape index (κ2) is 4.96. The summed E-state index contributed by atoms with van der Waals surface area (Å²) in [7, 11) is 0. The van der Waals surface area contributed by atoms with E-state index < -0.39 is 19.2 Å². The third-order valence-electron chi connectivity index (χ3n) is 0.608. The van der Waals surface area contributed by atoms with E-state index in [1.807, 2.05) is 0 Å². The minimum Gasteiger partial charge on any atom is -0.435 e. The van der Waals surface area contributed by atoms with Crippen LogP contribution in [0.4, 0.5) is 13.6 Å². The van der Waals surface area contributed by atoms with Gasteiger partial charge in [0, 0.05) is 0 Å². The molecule has 0 saturated carbocycles. The summed E-state index contributed by atoms with van der Waals surface area (Å²) < 4.78 is 31.0. The Kier molecular flexibility index (Phi) is 4.53. The minimum atomic E-state index is -2.21. The average Bonchev–Trinajstić information content (AvgIpc) is 1.88. The molecular formula is C5H8F2O3. The number of rotatable bonds is 3. The highest BCUT2D eigenvalue weighted by Crippen LogP contribution is 1.96. The summed E-state index contributed by atoms with van der Waals surface area (Å²) in [6, 6.07) is 0. The van der Waals surface area contributed by atoms with Crippen LogP contribution in [0, 0.1) is 0 Å². The Morgan fingerprint density at radius 1 is 1.70 bits per heavy atom. The van der Waals surface area contributed by atoms with E-state index in [-0.39, 0.29) is 6.61 Å². The van der Waals surface area contributed by atoms with Crippen molar-refractivity contribution < 1.29 is 23.0 Å². The van der Waals surface area contributed by atoms with Gasteiger partial charge in [-0.15, -0.1) is 0 Å². The Morgan fingerprint density at radius 3 is 2.70 bits per heavy atom. The van der Waals surface area contributed by atoms with E-state index in [4.69, 9.17) is 0 Å². The fourth-order valence-corrected chi connectivity index (χ4v) is 0.288. The van der Waals surface area contributed by atoms with Crippen LogP contribution < -0.4 is 0 Å². The lowest BCUT2D eigenvalue weighted by molar-refractivity contribution is -0.0400. The predicted molar refractivity (Wildman–Crippen MR) is 29.0 cm³/mol. The number of alkyl halides is 2. The van der Waals surface area contributed by atoms with Gasteiger partial charge in [-0.3, -0.25) is 0 Å². The van der Waals surface area contributed by atoms with Gasteiger partial charge >= 0.3 is 6.16 Å². The molecule has 0 heterocycles. The molecule has 60 valence electrons. The second-order valence-electron chi connectivity index (χ2n) is 1.37. The van der Waals surface area contributed by atoms with E-state index in [1.54, 1.807) is 0 Å². The largest absolute Gasteiger partial charge is 0.510 e. The van der Waals surface area contributed by atoms with Gasteiger partial charge in [0.1, 0.15) is 0 Å². The Labute approximate surface area is 56.9 Å². The lowest BCUT2D eigenvalue weighted by Gasteiger charge is -2.04. The highest BCUT2D eigenvalue weighted by Gasteiger charge is 2.11. The van der Waals surface area contributed by atoms with Crippen LogP contribution >= 0.6 is 0 Å². The zero-order valence-corrected chi connectivity index (χ0v) is 5.47. The van der Waals surface area contributed by atoms with E-state index in [0.29, 0.717) is 0 Å². The summed E-state index contributed by atoms with van der Waals surface area (Å²) in [5.74, 6) is 0. The Balaban J connectivity index is 3.37. The van der Waals surface area contributed by atoms with Crippen LogP contribution in [-0.4, -0.2) is 25.8 Å². The van der Waals surface area contributed by atoms with Gasteiger partial charge in [-0.2, -0.15) is 4.39 Å². The van der Waals surface area contributed by atoms with Crippen LogP contribution in [-0.2, 0) is 9.47 Å². The van der Waals surface area contributed by atoms with Crippen molar-refractivity contribution >= 4 is 6.16 Å². The predicted octanol–water partition coefficient (Wildman–Crippen LogP) is 1.42. The minimum absolute atomic E-state index is 0.0812. The molecule has 0 aromatic carbocycles. The Bertz CT molecular complexity index is 107. The van der Waals surface area contributed by atoms with E-state index >= 15 is 0 Å². The topological polar surface area (TPSA) is 35.5 Å². The van der Waals surface area contributed by atoms with Gasteiger partial charge in [0.2, 0.25) is 0 Å². The molecule has 0 aliphatic heterocycles. The van der Waals surface area contributed by atoms with Crippen LogP contribution in [0.2, 0.25) is 0 Å². The molecule has 0 fully saturated rings. The van der Waals surface area contributed by atoms with Crippen molar-refractivity contribution in [3.8, 4) is 0 Å². The van der Waals surface area contributed by atoms with Crippen LogP contribution in [0.25, 0.3) is 0 Å². The van der Waals surface area contributed by atoms with Crippen molar-refractivity contribution in [3.63, 3.8) is 0 Å². The SMILES string of the molecule is CCOC(=O)OC(F)CF. The molecule has 0 aromatic rings. The first kappa shape index (κ1) is 9.13. The zero-order valence-electron chi connectivity index (χ0n) is 5.47. The molecule has 3 nitrogen and oxygen atoms in total. The molecule has 0 saturated heterocycles. The third kappa shape index (κ3) is 4.05. The number of hydrogen-bond donors (Lipinski definition) is 0. The highest BCUT2D eigenvalue weighted by atomic mass is 19.2. The van der Waals surface area contributed by atoms with Gasteiger partial charge < -0.3 is 9.47 Å². The molecule has 0 aliphatic carbocycles. The van der Waals surface area contributed by atoms with Crippen LogP contribution in [0.5, 0.6) is 0 Å². The molecule has 0 rings (SSSR count). The standard InChI is InChI=1S/C5H8F2O3/c1-2-9-5(8)10-4(7)3-6/h4H,2-3H2,1H3. The van der Waals surface area contributed by atoms with Crippen molar-refractivity contribution in [2.45, 2.75) is 13.3 Å². The van der Waals surface area contributed by atoms with Gasteiger partial charge in [0.25, 0.3) is 6.36 Å². The highest BCUT2D eigenvalue weighted by molar-refractivity contribution is 5.59. The van der Waals surface area contributed by atoms with Crippen LogP contribution in [0.1, 0.15) is 6.92 Å². The van der Waals surface area contributed by atoms with Gasteiger partial charge in [0.15, 0.2) is 6.67 Å². The molecule has 10 heavy (non-hydrogen) atoms. The summed E-state index contributed by atoms with van der Waals surface area (Å²) in [6.45, 7) is 0.264. The number of carbonyl (C=O) groups is 1. The molecule has 5 heteroatoms. The number of carbonyl (C=O) groups excluding carboxylic acids is 1. The Morgan fingerprint density at radius 2 is 2.30 bits per heavy atom.